The van der Waals surface area contributed by atoms with Crippen LogP contribution < -0.4 is 0 Å². The second kappa shape index (κ2) is 10.2. The average molecular weight is 408 g/mol. The van der Waals surface area contributed by atoms with Gasteiger partial charge in [0.15, 0.2) is 0 Å². The van der Waals surface area contributed by atoms with Gasteiger partial charge in [-0.1, -0.05) is 23.1 Å². The monoisotopic (exact) mass is 407 g/mol. The minimum atomic E-state index is 0.261. The molecular formula is C24H33N5O. The zero-order chi connectivity index (χ0) is 20.8. The number of rotatable bonds is 4. The van der Waals surface area contributed by atoms with Crippen molar-refractivity contribution in [3.05, 3.63) is 35.5 Å². The van der Waals surface area contributed by atoms with Crippen LogP contribution in [-0.2, 0) is 11.3 Å². The molecule has 6 nitrogen and oxygen atoms in total. The van der Waals surface area contributed by atoms with Crippen molar-refractivity contribution in [2.24, 2.45) is 0 Å². The van der Waals surface area contributed by atoms with Crippen LogP contribution in [0.25, 0.3) is 11.3 Å². The van der Waals surface area contributed by atoms with Gasteiger partial charge < -0.3 is 9.64 Å². The summed E-state index contributed by atoms with van der Waals surface area (Å²) in [5, 5.41) is 8.71. The van der Waals surface area contributed by atoms with Gasteiger partial charge in [-0.25, -0.2) is 4.68 Å². The topological polar surface area (TPSA) is 46.4 Å². The van der Waals surface area contributed by atoms with Gasteiger partial charge in [-0.15, -0.1) is 5.10 Å². The van der Waals surface area contributed by atoms with Crippen LogP contribution in [0.1, 0.15) is 36.8 Å². The molecule has 2 aliphatic rings. The molecule has 0 spiro atoms. The van der Waals surface area contributed by atoms with Crippen LogP contribution >= 0.6 is 0 Å². The summed E-state index contributed by atoms with van der Waals surface area (Å²) in [5.74, 6) is 6.70. The molecule has 0 amide bonds. The van der Waals surface area contributed by atoms with E-state index in [0.717, 1.165) is 62.6 Å². The maximum atomic E-state index is 5.82. The molecule has 0 aliphatic carbocycles. The number of ether oxygens (including phenoxy) is 1. The van der Waals surface area contributed by atoms with Crippen LogP contribution in [0.5, 0.6) is 0 Å². The summed E-state index contributed by atoms with van der Waals surface area (Å²) in [7, 11) is 2.20. The smallest absolute Gasteiger partial charge is 0.113 e. The van der Waals surface area contributed by atoms with E-state index >= 15 is 0 Å². The first-order valence-electron chi connectivity index (χ1n) is 11.2. The van der Waals surface area contributed by atoms with Crippen molar-refractivity contribution >= 4 is 0 Å². The minimum Gasteiger partial charge on any atom is -0.376 e. The summed E-state index contributed by atoms with van der Waals surface area (Å²) >= 11 is 0. The fourth-order valence-corrected chi connectivity index (χ4v) is 4.21. The molecule has 0 N–H and O–H groups in total. The van der Waals surface area contributed by atoms with E-state index < -0.39 is 0 Å². The van der Waals surface area contributed by atoms with Crippen molar-refractivity contribution < 1.29 is 4.74 Å². The highest BCUT2D eigenvalue weighted by Crippen LogP contribution is 2.22. The lowest BCUT2D eigenvalue weighted by Crippen LogP contribution is -2.29. The molecule has 2 aromatic rings. The van der Waals surface area contributed by atoms with E-state index in [-0.39, 0.29) is 6.10 Å². The highest BCUT2D eigenvalue weighted by molar-refractivity contribution is 5.64. The van der Waals surface area contributed by atoms with Crippen LogP contribution in [0.4, 0.5) is 0 Å². The van der Waals surface area contributed by atoms with E-state index in [0.29, 0.717) is 0 Å². The number of benzene rings is 1. The molecule has 3 heterocycles. The van der Waals surface area contributed by atoms with Gasteiger partial charge in [0.2, 0.25) is 0 Å². The van der Waals surface area contributed by atoms with Crippen molar-refractivity contribution in [2.45, 2.75) is 45.3 Å². The minimum absolute atomic E-state index is 0.261. The Morgan fingerprint density at radius 2 is 2.07 bits per heavy atom. The van der Waals surface area contributed by atoms with E-state index in [1.54, 1.807) is 0 Å². The van der Waals surface area contributed by atoms with Gasteiger partial charge >= 0.3 is 0 Å². The van der Waals surface area contributed by atoms with Crippen molar-refractivity contribution in [3.63, 3.8) is 0 Å². The van der Waals surface area contributed by atoms with E-state index in [1.807, 2.05) is 10.9 Å². The number of likely N-dealkylation sites (N-methyl/N-ethyl adjacent to an activating group) is 1. The first-order valence-corrected chi connectivity index (χ1v) is 11.2. The Bertz CT molecular complexity index is 890. The van der Waals surface area contributed by atoms with Gasteiger partial charge in [-0.2, -0.15) is 0 Å². The van der Waals surface area contributed by atoms with Gasteiger partial charge in [0.25, 0.3) is 0 Å². The maximum Gasteiger partial charge on any atom is 0.113 e. The third kappa shape index (κ3) is 5.69. The Hall–Kier alpha value is -2.20. The lowest BCUT2D eigenvalue weighted by atomic mass is 10.0. The molecule has 0 radical (unpaired) electrons. The molecule has 0 saturated carbocycles. The second-order valence-corrected chi connectivity index (χ2v) is 8.58. The third-order valence-corrected chi connectivity index (χ3v) is 6.05. The quantitative estimate of drug-likeness (QED) is 0.730. The first kappa shape index (κ1) is 21.0. The summed E-state index contributed by atoms with van der Waals surface area (Å²) in [6.45, 7) is 9.15. The molecule has 2 fully saturated rings. The van der Waals surface area contributed by atoms with E-state index in [9.17, 15) is 0 Å². The Morgan fingerprint density at radius 1 is 1.13 bits per heavy atom. The Balaban J connectivity index is 1.36. The molecule has 160 valence electrons. The molecule has 0 unspecified atom stereocenters. The molecule has 6 heteroatoms. The number of hydrogen-bond donors (Lipinski definition) is 0. The van der Waals surface area contributed by atoms with Gasteiger partial charge in [-0.05, 0) is 63.9 Å². The predicted octanol–water partition coefficient (Wildman–Crippen LogP) is 2.81. The summed E-state index contributed by atoms with van der Waals surface area (Å²) in [6.07, 6.45) is 7.03. The van der Waals surface area contributed by atoms with Crippen molar-refractivity contribution in [1.82, 2.24) is 24.8 Å². The molecule has 1 atom stereocenters. The lowest BCUT2D eigenvalue weighted by molar-refractivity contribution is 0.00370. The fourth-order valence-electron chi connectivity index (χ4n) is 4.21. The Labute approximate surface area is 180 Å². The highest BCUT2D eigenvalue weighted by atomic mass is 16.5. The standard InChI is InChI=1S/C24H33N5O/c1-20-17-21(7-5-12-28-13-6-11-27(2)14-15-28)9-10-23(20)24-19-29(26-25-24)18-22-8-3-4-16-30-22/h9-10,17,19,22H,3-4,6,8,11-16,18H2,1-2H3/t22-/m1/s1. The van der Waals surface area contributed by atoms with E-state index in [1.165, 1.54) is 31.4 Å². The molecule has 30 heavy (non-hydrogen) atoms. The number of hydrogen-bond acceptors (Lipinski definition) is 5. The normalized spacial score (nSPS) is 21.1. The van der Waals surface area contributed by atoms with Crippen LogP contribution in [0, 0.1) is 18.8 Å². The molecule has 1 aromatic carbocycles. The zero-order valence-electron chi connectivity index (χ0n) is 18.3. The second-order valence-electron chi connectivity index (χ2n) is 8.58. The average Bonchev–Trinajstić information content (AvgIpc) is 3.10. The molecular weight excluding hydrogens is 374 g/mol. The fraction of sp³-hybridized carbons (Fsp3) is 0.583. The predicted molar refractivity (Wildman–Crippen MR) is 119 cm³/mol. The van der Waals surface area contributed by atoms with Crippen LogP contribution in [0.2, 0.25) is 0 Å². The van der Waals surface area contributed by atoms with E-state index in [2.05, 4.69) is 64.1 Å². The highest BCUT2D eigenvalue weighted by Gasteiger charge is 2.16. The molecule has 2 saturated heterocycles. The van der Waals surface area contributed by atoms with Crippen LogP contribution in [-0.4, -0.2) is 77.3 Å². The van der Waals surface area contributed by atoms with Crippen molar-refractivity contribution in [2.75, 3.05) is 46.4 Å². The molecule has 0 bridgehead atoms. The third-order valence-electron chi connectivity index (χ3n) is 6.05. The first-order chi connectivity index (χ1) is 14.7. The summed E-state index contributed by atoms with van der Waals surface area (Å²) in [6, 6.07) is 6.36. The Morgan fingerprint density at radius 3 is 2.90 bits per heavy atom. The molecule has 2 aliphatic heterocycles. The summed E-state index contributed by atoms with van der Waals surface area (Å²) in [5.41, 5.74) is 4.27. The van der Waals surface area contributed by atoms with Crippen molar-refractivity contribution in [3.8, 4) is 23.1 Å². The van der Waals surface area contributed by atoms with Gasteiger partial charge in [-0.3, -0.25) is 4.90 Å². The number of aromatic nitrogens is 3. The van der Waals surface area contributed by atoms with Crippen molar-refractivity contribution in [1.29, 1.82) is 0 Å². The van der Waals surface area contributed by atoms with Gasteiger partial charge in [0.05, 0.1) is 25.4 Å². The number of nitrogens with zero attached hydrogens (tertiary/aromatic N) is 5. The maximum absolute atomic E-state index is 5.82. The summed E-state index contributed by atoms with van der Waals surface area (Å²) < 4.78 is 7.73. The van der Waals surface area contributed by atoms with E-state index in [4.69, 9.17) is 4.74 Å². The summed E-state index contributed by atoms with van der Waals surface area (Å²) in [4.78, 5) is 4.85. The lowest BCUT2D eigenvalue weighted by Gasteiger charge is -2.21. The van der Waals surface area contributed by atoms with Crippen LogP contribution in [0.15, 0.2) is 24.4 Å². The molecule has 1 aromatic heterocycles. The zero-order valence-corrected chi connectivity index (χ0v) is 18.3. The SMILES string of the molecule is Cc1cc(C#CCN2CCCN(C)CC2)ccc1-c1cn(C[C@H]2CCCCO2)nn1. The number of aryl methyl sites for hydroxylation is 1. The van der Waals surface area contributed by atoms with Gasteiger partial charge in [0, 0.05) is 37.4 Å². The van der Waals surface area contributed by atoms with Crippen LogP contribution in [0.3, 0.4) is 0 Å². The van der Waals surface area contributed by atoms with Gasteiger partial charge in [0.1, 0.15) is 5.69 Å². The molecule has 4 rings (SSSR count). The Kier molecular flexibility index (Phi) is 7.16. The largest absolute Gasteiger partial charge is 0.376 e.